The van der Waals surface area contributed by atoms with Crippen LogP contribution in [0.2, 0.25) is 0 Å². The molecule has 100 valence electrons. The zero-order chi connectivity index (χ0) is 11.9. The second-order valence-electron chi connectivity index (χ2n) is 5.10. The lowest BCUT2D eigenvalue weighted by Crippen LogP contribution is -2.40. The number of nitrogens with zero attached hydrogens (tertiary/aromatic N) is 1. The molecule has 0 unspecified atom stereocenters. The summed E-state index contributed by atoms with van der Waals surface area (Å²) in [6, 6.07) is 0.502. The normalized spacial score (nSPS) is 28.4. The zero-order valence-corrected chi connectivity index (χ0v) is 11.0. The van der Waals surface area contributed by atoms with Crippen LogP contribution in [0.1, 0.15) is 26.2 Å². The van der Waals surface area contributed by atoms with E-state index in [1.807, 2.05) is 0 Å². The van der Waals surface area contributed by atoms with Crippen molar-refractivity contribution in [2.45, 2.75) is 38.3 Å². The molecule has 4 heteroatoms. The fourth-order valence-corrected chi connectivity index (χ4v) is 2.59. The molecule has 2 atom stereocenters. The third kappa shape index (κ3) is 4.54. The molecule has 2 rings (SSSR count). The van der Waals surface area contributed by atoms with Crippen molar-refractivity contribution in [3.63, 3.8) is 0 Å². The zero-order valence-electron chi connectivity index (χ0n) is 11.0. The minimum atomic E-state index is 0.443. The Labute approximate surface area is 105 Å². The molecule has 1 N–H and O–H groups in total. The summed E-state index contributed by atoms with van der Waals surface area (Å²) < 4.78 is 11.0. The summed E-state index contributed by atoms with van der Waals surface area (Å²) in [5.74, 6) is 0. The van der Waals surface area contributed by atoms with Gasteiger partial charge in [0, 0.05) is 25.7 Å². The van der Waals surface area contributed by atoms with Crippen LogP contribution in [0, 0.1) is 0 Å². The average Bonchev–Trinajstić information content (AvgIpc) is 2.89. The van der Waals surface area contributed by atoms with E-state index in [1.165, 1.54) is 25.8 Å². The maximum absolute atomic E-state index is 5.67. The van der Waals surface area contributed by atoms with Gasteiger partial charge in [-0.05, 0) is 39.3 Å². The lowest BCUT2D eigenvalue weighted by atomic mass is 10.1. The van der Waals surface area contributed by atoms with Crippen molar-refractivity contribution in [3.8, 4) is 0 Å². The van der Waals surface area contributed by atoms with Crippen molar-refractivity contribution in [2.75, 3.05) is 46.0 Å². The fraction of sp³-hybridized carbons (Fsp3) is 1.00. The molecule has 0 radical (unpaired) electrons. The van der Waals surface area contributed by atoms with E-state index < -0.39 is 0 Å². The van der Waals surface area contributed by atoms with Gasteiger partial charge in [0.05, 0.1) is 19.3 Å². The van der Waals surface area contributed by atoms with Crippen LogP contribution >= 0.6 is 0 Å². The molecular formula is C13H26N2O2. The summed E-state index contributed by atoms with van der Waals surface area (Å²) in [6.07, 6.45) is 4.11. The lowest BCUT2D eigenvalue weighted by Gasteiger charge is -2.27. The maximum atomic E-state index is 5.67. The second-order valence-corrected chi connectivity index (χ2v) is 5.10. The molecule has 0 aromatic heterocycles. The van der Waals surface area contributed by atoms with E-state index in [0.717, 1.165) is 39.5 Å². The van der Waals surface area contributed by atoms with E-state index in [9.17, 15) is 0 Å². The van der Waals surface area contributed by atoms with Gasteiger partial charge in [-0.25, -0.2) is 0 Å². The molecule has 0 bridgehead atoms. The molecule has 2 saturated heterocycles. The first-order chi connectivity index (χ1) is 8.36. The van der Waals surface area contributed by atoms with E-state index in [2.05, 4.69) is 17.1 Å². The first-order valence-corrected chi connectivity index (χ1v) is 7.01. The summed E-state index contributed by atoms with van der Waals surface area (Å²) in [5, 5.41) is 3.58. The maximum Gasteiger partial charge on any atom is 0.0726 e. The topological polar surface area (TPSA) is 33.7 Å². The summed E-state index contributed by atoms with van der Waals surface area (Å²) >= 11 is 0. The van der Waals surface area contributed by atoms with E-state index in [0.29, 0.717) is 12.1 Å². The highest BCUT2D eigenvalue weighted by Gasteiger charge is 2.21. The van der Waals surface area contributed by atoms with E-state index in [1.54, 1.807) is 0 Å². The summed E-state index contributed by atoms with van der Waals surface area (Å²) in [7, 11) is 0. The van der Waals surface area contributed by atoms with E-state index in [-0.39, 0.29) is 0 Å². The monoisotopic (exact) mass is 242 g/mol. The van der Waals surface area contributed by atoms with Gasteiger partial charge >= 0.3 is 0 Å². The number of hydrogen-bond acceptors (Lipinski definition) is 4. The van der Waals surface area contributed by atoms with Gasteiger partial charge in [0.1, 0.15) is 0 Å². The Morgan fingerprint density at radius 3 is 2.82 bits per heavy atom. The predicted molar refractivity (Wildman–Crippen MR) is 68.3 cm³/mol. The van der Waals surface area contributed by atoms with Gasteiger partial charge < -0.3 is 14.8 Å². The van der Waals surface area contributed by atoms with E-state index >= 15 is 0 Å². The molecule has 0 aliphatic carbocycles. The second kappa shape index (κ2) is 7.31. The first-order valence-electron chi connectivity index (χ1n) is 7.01. The first kappa shape index (κ1) is 13.3. The van der Waals surface area contributed by atoms with Crippen LogP contribution in [-0.4, -0.2) is 63.0 Å². The van der Waals surface area contributed by atoms with Crippen LogP contribution in [0.5, 0.6) is 0 Å². The van der Waals surface area contributed by atoms with Crippen molar-refractivity contribution in [1.82, 2.24) is 10.2 Å². The Bertz CT molecular complexity index is 202. The lowest BCUT2D eigenvalue weighted by molar-refractivity contribution is 0.0369. The molecule has 0 amide bonds. The third-order valence-electron chi connectivity index (χ3n) is 3.74. The summed E-state index contributed by atoms with van der Waals surface area (Å²) in [6.45, 7) is 9.48. The Balaban J connectivity index is 1.50. The van der Waals surface area contributed by atoms with Crippen LogP contribution in [0.4, 0.5) is 0 Å². The molecule has 0 aromatic carbocycles. The van der Waals surface area contributed by atoms with Gasteiger partial charge in [-0.1, -0.05) is 0 Å². The van der Waals surface area contributed by atoms with Crippen LogP contribution < -0.4 is 5.32 Å². The highest BCUT2D eigenvalue weighted by Crippen LogP contribution is 2.15. The third-order valence-corrected chi connectivity index (χ3v) is 3.74. The van der Waals surface area contributed by atoms with E-state index in [4.69, 9.17) is 9.47 Å². The number of hydrogen-bond donors (Lipinski definition) is 1. The quantitative estimate of drug-likeness (QED) is 0.701. The predicted octanol–water partition coefficient (Wildman–Crippen LogP) is 0.866. The summed E-state index contributed by atoms with van der Waals surface area (Å²) in [5.41, 5.74) is 0. The molecule has 2 fully saturated rings. The van der Waals surface area contributed by atoms with Gasteiger partial charge in [-0.15, -0.1) is 0 Å². The molecule has 2 heterocycles. The molecule has 0 aromatic rings. The molecular weight excluding hydrogens is 216 g/mol. The van der Waals surface area contributed by atoms with Gasteiger partial charge in [0.25, 0.3) is 0 Å². The van der Waals surface area contributed by atoms with Gasteiger partial charge in [0.2, 0.25) is 0 Å². The van der Waals surface area contributed by atoms with Crippen molar-refractivity contribution >= 4 is 0 Å². The van der Waals surface area contributed by atoms with Crippen LogP contribution in [0.25, 0.3) is 0 Å². The van der Waals surface area contributed by atoms with Crippen LogP contribution in [0.15, 0.2) is 0 Å². The number of morpholine rings is 1. The Morgan fingerprint density at radius 1 is 1.29 bits per heavy atom. The molecule has 0 saturated carbocycles. The van der Waals surface area contributed by atoms with Gasteiger partial charge in [-0.2, -0.15) is 0 Å². The summed E-state index contributed by atoms with van der Waals surface area (Å²) in [4.78, 5) is 2.49. The molecule has 4 nitrogen and oxygen atoms in total. The highest BCUT2D eigenvalue weighted by atomic mass is 16.5. The Morgan fingerprint density at radius 2 is 2.12 bits per heavy atom. The molecule has 17 heavy (non-hydrogen) atoms. The van der Waals surface area contributed by atoms with Gasteiger partial charge in [-0.3, -0.25) is 4.90 Å². The Hall–Kier alpha value is -0.160. The molecule has 2 aliphatic heterocycles. The Kier molecular flexibility index (Phi) is 5.71. The minimum absolute atomic E-state index is 0.443. The van der Waals surface area contributed by atoms with Crippen molar-refractivity contribution in [1.29, 1.82) is 0 Å². The molecule has 2 aliphatic rings. The highest BCUT2D eigenvalue weighted by molar-refractivity contribution is 4.76. The van der Waals surface area contributed by atoms with Crippen LogP contribution in [0.3, 0.4) is 0 Å². The number of ether oxygens (including phenoxy) is 2. The van der Waals surface area contributed by atoms with Crippen molar-refractivity contribution in [3.05, 3.63) is 0 Å². The average molecular weight is 242 g/mol. The smallest absolute Gasteiger partial charge is 0.0726 e. The largest absolute Gasteiger partial charge is 0.379 e. The fourth-order valence-electron chi connectivity index (χ4n) is 2.59. The van der Waals surface area contributed by atoms with Crippen molar-refractivity contribution < 1.29 is 9.47 Å². The SMILES string of the molecule is C[C@@H](NCCCN1CCOCC1)[C@@H]1CCCO1. The van der Waals surface area contributed by atoms with Crippen molar-refractivity contribution in [2.24, 2.45) is 0 Å². The van der Waals surface area contributed by atoms with Gasteiger partial charge in [0.15, 0.2) is 0 Å². The standard InChI is InChI=1S/C13H26N2O2/c1-12(13-4-2-9-17-13)14-5-3-6-15-7-10-16-11-8-15/h12-14H,2-11H2,1H3/t12-,13+/m1/s1. The minimum Gasteiger partial charge on any atom is -0.379 e. The number of nitrogens with one attached hydrogen (secondary N) is 1. The molecule has 0 spiro atoms. The number of rotatable bonds is 6. The van der Waals surface area contributed by atoms with Crippen LogP contribution in [-0.2, 0) is 9.47 Å².